The van der Waals surface area contributed by atoms with Crippen molar-refractivity contribution in [2.45, 2.75) is 41.0 Å². The maximum atomic E-state index is 13.1. The summed E-state index contributed by atoms with van der Waals surface area (Å²) < 4.78 is 17.2. The van der Waals surface area contributed by atoms with Gasteiger partial charge in [-0.2, -0.15) is 0 Å². The Bertz CT molecular complexity index is 598. The lowest BCUT2D eigenvalue weighted by atomic mass is 10.1. The van der Waals surface area contributed by atoms with Crippen molar-refractivity contribution in [1.29, 1.82) is 0 Å². The summed E-state index contributed by atoms with van der Waals surface area (Å²) in [5.41, 5.74) is 0.589. The van der Waals surface area contributed by atoms with Gasteiger partial charge in [-0.3, -0.25) is 9.69 Å². The minimum atomic E-state index is 0.0217. The lowest BCUT2D eigenvalue weighted by Gasteiger charge is -2.35. The van der Waals surface area contributed by atoms with Crippen molar-refractivity contribution in [2.75, 3.05) is 52.5 Å². The van der Waals surface area contributed by atoms with Crippen molar-refractivity contribution in [2.24, 2.45) is 5.92 Å². The van der Waals surface area contributed by atoms with E-state index in [0.29, 0.717) is 48.6 Å². The SMILES string of the molecule is CCOc1cc(C(=O)N2CCN(CCC(C)C)CC2)cc(OCC)c1OCC. The minimum absolute atomic E-state index is 0.0217. The van der Waals surface area contributed by atoms with Crippen molar-refractivity contribution in [3.8, 4) is 17.2 Å². The first-order valence-corrected chi connectivity index (χ1v) is 10.6. The van der Waals surface area contributed by atoms with Gasteiger partial charge in [0.05, 0.1) is 19.8 Å². The number of benzene rings is 1. The molecule has 1 saturated heterocycles. The summed E-state index contributed by atoms with van der Waals surface area (Å²) in [4.78, 5) is 17.5. The van der Waals surface area contributed by atoms with Crippen LogP contribution in [0.15, 0.2) is 12.1 Å². The smallest absolute Gasteiger partial charge is 0.254 e. The summed E-state index contributed by atoms with van der Waals surface area (Å²) >= 11 is 0. The van der Waals surface area contributed by atoms with Gasteiger partial charge in [-0.25, -0.2) is 0 Å². The molecule has 1 amide bonds. The van der Waals surface area contributed by atoms with Crippen LogP contribution in [0.5, 0.6) is 17.2 Å². The molecule has 1 aromatic rings. The van der Waals surface area contributed by atoms with Crippen LogP contribution in [0.4, 0.5) is 0 Å². The molecule has 0 saturated carbocycles. The highest BCUT2D eigenvalue weighted by atomic mass is 16.5. The zero-order valence-electron chi connectivity index (χ0n) is 18.1. The fourth-order valence-corrected chi connectivity index (χ4v) is 3.31. The molecule has 0 spiro atoms. The van der Waals surface area contributed by atoms with Crippen molar-refractivity contribution < 1.29 is 19.0 Å². The van der Waals surface area contributed by atoms with Gasteiger partial charge in [0.2, 0.25) is 5.75 Å². The van der Waals surface area contributed by atoms with Gasteiger partial charge >= 0.3 is 0 Å². The van der Waals surface area contributed by atoms with Crippen molar-refractivity contribution in [3.05, 3.63) is 17.7 Å². The molecule has 28 heavy (non-hydrogen) atoms. The first-order valence-electron chi connectivity index (χ1n) is 10.6. The molecule has 0 unspecified atom stereocenters. The average Bonchev–Trinajstić information content (AvgIpc) is 2.69. The van der Waals surface area contributed by atoms with E-state index >= 15 is 0 Å². The zero-order valence-corrected chi connectivity index (χ0v) is 18.1. The van der Waals surface area contributed by atoms with E-state index in [1.807, 2.05) is 25.7 Å². The summed E-state index contributed by atoms with van der Waals surface area (Å²) in [6, 6.07) is 3.56. The highest BCUT2D eigenvalue weighted by Gasteiger charge is 2.25. The van der Waals surface area contributed by atoms with Crippen LogP contribution in [0.3, 0.4) is 0 Å². The van der Waals surface area contributed by atoms with Crippen LogP contribution >= 0.6 is 0 Å². The molecule has 0 N–H and O–H groups in total. The molecular weight excluding hydrogens is 356 g/mol. The molecule has 0 atom stereocenters. The molecular formula is C22H36N2O4. The maximum Gasteiger partial charge on any atom is 0.254 e. The van der Waals surface area contributed by atoms with E-state index in [-0.39, 0.29) is 5.91 Å². The topological polar surface area (TPSA) is 51.2 Å². The Balaban J connectivity index is 2.14. The van der Waals surface area contributed by atoms with E-state index in [0.717, 1.165) is 32.7 Å². The standard InChI is InChI=1S/C22H36N2O4/c1-6-26-19-15-18(16-20(27-7-2)21(19)28-8-3)22(25)24-13-11-23(12-14-24)10-9-17(4)5/h15-17H,6-14H2,1-5H3. The van der Waals surface area contributed by atoms with Crippen LogP contribution in [0.2, 0.25) is 0 Å². The third-order valence-corrected chi connectivity index (χ3v) is 4.84. The number of piperazine rings is 1. The molecule has 0 aromatic heterocycles. The van der Waals surface area contributed by atoms with Gasteiger partial charge in [-0.15, -0.1) is 0 Å². The fourth-order valence-electron chi connectivity index (χ4n) is 3.31. The quantitative estimate of drug-likeness (QED) is 0.608. The van der Waals surface area contributed by atoms with E-state index in [9.17, 15) is 4.79 Å². The second kappa shape index (κ2) is 11.1. The molecule has 1 aliphatic heterocycles. The minimum Gasteiger partial charge on any atom is -0.490 e. The Kier molecular flexibility index (Phi) is 8.90. The Labute approximate surface area is 169 Å². The first-order chi connectivity index (χ1) is 13.5. The molecule has 2 rings (SSSR count). The third kappa shape index (κ3) is 6.03. The summed E-state index contributed by atoms with van der Waals surface area (Å²) in [7, 11) is 0. The largest absolute Gasteiger partial charge is 0.490 e. The summed E-state index contributed by atoms with van der Waals surface area (Å²) in [6.45, 7) is 16.2. The Morgan fingerprint density at radius 3 is 1.93 bits per heavy atom. The summed E-state index contributed by atoms with van der Waals surface area (Å²) in [6.07, 6.45) is 1.20. The summed E-state index contributed by atoms with van der Waals surface area (Å²) in [5.74, 6) is 2.43. The zero-order chi connectivity index (χ0) is 20.5. The molecule has 1 fully saturated rings. The highest BCUT2D eigenvalue weighted by molar-refractivity contribution is 5.95. The Morgan fingerprint density at radius 1 is 0.929 bits per heavy atom. The molecule has 6 nitrogen and oxygen atoms in total. The average molecular weight is 393 g/mol. The van der Waals surface area contributed by atoms with Gasteiger partial charge in [-0.05, 0) is 51.8 Å². The number of nitrogens with zero attached hydrogens (tertiary/aromatic N) is 2. The van der Waals surface area contributed by atoms with E-state index in [1.165, 1.54) is 6.42 Å². The normalized spacial score (nSPS) is 15.0. The van der Waals surface area contributed by atoms with Gasteiger partial charge in [-0.1, -0.05) is 13.8 Å². The summed E-state index contributed by atoms with van der Waals surface area (Å²) in [5, 5.41) is 0. The second-order valence-corrected chi connectivity index (χ2v) is 7.42. The molecule has 1 aromatic carbocycles. The Hall–Kier alpha value is -1.95. The van der Waals surface area contributed by atoms with Gasteiger partial charge < -0.3 is 19.1 Å². The Morgan fingerprint density at radius 2 is 1.46 bits per heavy atom. The lowest BCUT2D eigenvalue weighted by molar-refractivity contribution is 0.0630. The molecule has 158 valence electrons. The fraction of sp³-hybridized carbons (Fsp3) is 0.682. The predicted molar refractivity (Wildman–Crippen MR) is 112 cm³/mol. The second-order valence-electron chi connectivity index (χ2n) is 7.42. The predicted octanol–water partition coefficient (Wildman–Crippen LogP) is 3.69. The number of ether oxygens (including phenoxy) is 3. The van der Waals surface area contributed by atoms with Gasteiger partial charge in [0.25, 0.3) is 5.91 Å². The van der Waals surface area contributed by atoms with Crippen LogP contribution in [0.25, 0.3) is 0 Å². The monoisotopic (exact) mass is 392 g/mol. The lowest BCUT2D eigenvalue weighted by Crippen LogP contribution is -2.49. The number of carbonyl (C=O) groups is 1. The van der Waals surface area contributed by atoms with Crippen LogP contribution in [-0.4, -0.2) is 68.3 Å². The van der Waals surface area contributed by atoms with Crippen LogP contribution in [-0.2, 0) is 0 Å². The van der Waals surface area contributed by atoms with Gasteiger partial charge in [0, 0.05) is 31.7 Å². The number of carbonyl (C=O) groups excluding carboxylic acids is 1. The molecule has 0 aliphatic carbocycles. The van der Waals surface area contributed by atoms with Crippen LogP contribution in [0, 0.1) is 5.92 Å². The molecule has 1 heterocycles. The van der Waals surface area contributed by atoms with E-state index in [2.05, 4.69) is 18.7 Å². The highest BCUT2D eigenvalue weighted by Crippen LogP contribution is 2.39. The van der Waals surface area contributed by atoms with E-state index in [1.54, 1.807) is 12.1 Å². The number of hydrogen-bond donors (Lipinski definition) is 0. The third-order valence-electron chi connectivity index (χ3n) is 4.84. The molecule has 6 heteroatoms. The number of rotatable bonds is 10. The van der Waals surface area contributed by atoms with E-state index in [4.69, 9.17) is 14.2 Å². The van der Waals surface area contributed by atoms with Crippen LogP contribution < -0.4 is 14.2 Å². The van der Waals surface area contributed by atoms with Gasteiger partial charge in [0.1, 0.15) is 0 Å². The number of hydrogen-bond acceptors (Lipinski definition) is 5. The maximum absolute atomic E-state index is 13.1. The molecule has 1 aliphatic rings. The van der Waals surface area contributed by atoms with Crippen LogP contribution in [0.1, 0.15) is 51.4 Å². The molecule has 0 radical (unpaired) electrons. The van der Waals surface area contributed by atoms with Crippen molar-refractivity contribution >= 4 is 5.91 Å². The van der Waals surface area contributed by atoms with Gasteiger partial charge in [0.15, 0.2) is 11.5 Å². The van der Waals surface area contributed by atoms with E-state index < -0.39 is 0 Å². The first kappa shape index (κ1) is 22.3. The number of amides is 1. The molecule has 0 bridgehead atoms. The van der Waals surface area contributed by atoms with Crippen molar-refractivity contribution in [1.82, 2.24) is 9.80 Å². The van der Waals surface area contributed by atoms with Crippen molar-refractivity contribution in [3.63, 3.8) is 0 Å².